The van der Waals surface area contributed by atoms with Gasteiger partial charge in [-0.3, -0.25) is 0 Å². The standard InChI is InChI=1S/C18H21BrClN/c1-12(2)14-6-4-13(5-7-14)10-18(21-3)16-11-15(19)8-9-17(16)20/h4-9,11-12,18,21H,10H2,1-3H3. The van der Waals surface area contributed by atoms with Crippen LogP contribution >= 0.6 is 27.5 Å². The summed E-state index contributed by atoms with van der Waals surface area (Å²) in [5.74, 6) is 0.568. The second-order valence-electron chi connectivity index (χ2n) is 5.61. The Kier molecular flexibility index (Phi) is 5.86. The molecule has 0 saturated heterocycles. The van der Waals surface area contributed by atoms with Crippen molar-refractivity contribution in [1.29, 1.82) is 0 Å². The third kappa shape index (κ3) is 4.32. The molecule has 3 heteroatoms. The fourth-order valence-electron chi connectivity index (χ4n) is 2.42. The normalized spacial score (nSPS) is 12.7. The molecule has 0 aliphatic rings. The molecule has 1 N–H and O–H groups in total. The van der Waals surface area contributed by atoms with Crippen LogP contribution in [0.25, 0.3) is 0 Å². The predicted molar refractivity (Wildman–Crippen MR) is 95.2 cm³/mol. The van der Waals surface area contributed by atoms with Gasteiger partial charge in [-0.25, -0.2) is 0 Å². The second-order valence-corrected chi connectivity index (χ2v) is 6.93. The maximum atomic E-state index is 6.34. The summed E-state index contributed by atoms with van der Waals surface area (Å²) in [5.41, 5.74) is 3.82. The molecule has 0 radical (unpaired) electrons. The van der Waals surface area contributed by atoms with Gasteiger partial charge < -0.3 is 5.32 Å². The Balaban J connectivity index is 2.20. The zero-order valence-corrected chi connectivity index (χ0v) is 15.0. The van der Waals surface area contributed by atoms with E-state index in [9.17, 15) is 0 Å². The van der Waals surface area contributed by atoms with E-state index in [4.69, 9.17) is 11.6 Å². The molecule has 0 saturated carbocycles. The van der Waals surface area contributed by atoms with E-state index in [0.29, 0.717) is 5.92 Å². The first-order valence-corrected chi connectivity index (χ1v) is 8.39. The van der Waals surface area contributed by atoms with Crippen LogP contribution in [0.4, 0.5) is 0 Å². The minimum Gasteiger partial charge on any atom is -0.313 e. The van der Waals surface area contributed by atoms with Crippen molar-refractivity contribution in [2.45, 2.75) is 32.2 Å². The maximum Gasteiger partial charge on any atom is 0.0454 e. The van der Waals surface area contributed by atoms with E-state index in [1.54, 1.807) is 0 Å². The van der Waals surface area contributed by atoms with Gasteiger partial charge in [-0.1, -0.05) is 65.6 Å². The Morgan fingerprint density at radius 1 is 1.10 bits per heavy atom. The molecule has 112 valence electrons. The van der Waals surface area contributed by atoms with Gasteiger partial charge in [-0.05, 0) is 54.3 Å². The summed E-state index contributed by atoms with van der Waals surface area (Å²) in [7, 11) is 1.98. The summed E-state index contributed by atoms with van der Waals surface area (Å²) in [5, 5.41) is 4.17. The van der Waals surface area contributed by atoms with Crippen molar-refractivity contribution in [3.05, 3.63) is 68.7 Å². The van der Waals surface area contributed by atoms with Crippen LogP contribution in [-0.4, -0.2) is 7.05 Å². The molecule has 0 aromatic heterocycles. The van der Waals surface area contributed by atoms with E-state index in [1.165, 1.54) is 11.1 Å². The first kappa shape index (κ1) is 16.5. The summed E-state index contributed by atoms with van der Waals surface area (Å²) >= 11 is 9.86. The molecule has 0 amide bonds. The second kappa shape index (κ2) is 7.44. The number of nitrogens with one attached hydrogen (secondary N) is 1. The molecule has 21 heavy (non-hydrogen) atoms. The summed E-state index contributed by atoms with van der Waals surface area (Å²) in [6, 6.07) is 15.1. The van der Waals surface area contributed by atoms with Crippen molar-refractivity contribution in [2.75, 3.05) is 7.05 Å². The largest absolute Gasteiger partial charge is 0.313 e. The summed E-state index contributed by atoms with van der Waals surface area (Å²) in [6.07, 6.45) is 0.922. The van der Waals surface area contributed by atoms with E-state index in [2.05, 4.69) is 65.4 Å². The quantitative estimate of drug-likeness (QED) is 0.712. The van der Waals surface area contributed by atoms with E-state index >= 15 is 0 Å². The highest BCUT2D eigenvalue weighted by molar-refractivity contribution is 9.10. The summed E-state index contributed by atoms with van der Waals surface area (Å²) in [6.45, 7) is 4.43. The highest BCUT2D eigenvalue weighted by Crippen LogP contribution is 2.29. The predicted octanol–water partition coefficient (Wildman–Crippen LogP) is 5.73. The van der Waals surface area contributed by atoms with E-state index in [1.807, 2.05) is 19.2 Å². The molecule has 1 atom stereocenters. The monoisotopic (exact) mass is 365 g/mol. The molecule has 2 aromatic rings. The molecule has 1 unspecified atom stereocenters. The lowest BCUT2D eigenvalue weighted by Gasteiger charge is -2.19. The minimum absolute atomic E-state index is 0.208. The third-order valence-electron chi connectivity index (χ3n) is 3.77. The lowest BCUT2D eigenvalue weighted by molar-refractivity contribution is 0.592. The third-order valence-corrected chi connectivity index (χ3v) is 4.61. The Hall–Kier alpha value is -0.830. The average molecular weight is 367 g/mol. The van der Waals surface area contributed by atoms with Crippen LogP contribution in [-0.2, 0) is 6.42 Å². The van der Waals surface area contributed by atoms with Crippen molar-refractivity contribution in [2.24, 2.45) is 0 Å². The van der Waals surface area contributed by atoms with Gasteiger partial charge in [0.2, 0.25) is 0 Å². The first-order valence-electron chi connectivity index (χ1n) is 7.22. The van der Waals surface area contributed by atoms with Crippen LogP contribution in [0.15, 0.2) is 46.9 Å². The molecular formula is C18H21BrClN. The number of hydrogen-bond donors (Lipinski definition) is 1. The zero-order valence-electron chi connectivity index (χ0n) is 12.7. The van der Waals surface area contributed by atoms with Gasteiger partial charge >= 0.3 is 0 Å². The van der Waals surface area contributed by atoms with Gasteiger partial charge in [0, 0.05) is 15.5 Å². The number of likely N-dealkylation sites (N-methyl/N-ethyl adjacent to an activating group) is 1. The number of rotatable bonds is 5. The molecule has 1 nitrogen and oxygen atoms in total. The fourth-order valence-corrected chi connectivity index (χ4v) is 3.05. The molecule has 0 aliphatic carbocycles. The van der Waals surface area contributed by atoms with Gasteiger partial charge in [-0.2, -0.15) is 0 Å². The van der Waals surface area contributed by atoms with Crippen LogP contribution in [0, 0.1) is 0 Å². The Morgan fingerprint density at radius 2 is 1.76 bits per heavy atom. The Bertz CT molecular complexity index is 593. The van der Waals surface area contributed by atoms with Crippen molar-refractivity contribution in [3.63, 3.8) is 0 Å². The lowest BCUT2D eigenvalue weighted by atomic mass is 9.96. The van der Waals surface area contributed by atoms with Gasteiger partial charge in [0.1, 0.15) is 0 Å². The molecular weight excluding hydrogens is 346 g/mol. The molecule has 0 fully saturated rings. The number of halogens is 2. The minimum atomic E-state index is 0.208. The van der Waals surface area contributed by atoms with E-state index < -0.39 is 0 Å². The van der Waals surface area contributed by atoms with Crippen LogP contribution < -0.4 is 5.32 Å². The van der Waals surface area contributed by atoms with Crippen LogP contribution in [0.3, 0.4) is 0 Å². The fraction of sp³-hybridized carbons (Fsp3) is 0.333. The molecule has 0 heterocycles. The summed E-state index contributed by atoms with van der Waals surface area (Å²) in [4.78, 5) is 0. The van der Waals surface area contributed by atoms with Crippen LogP contribution in [0.1, 0.15) is 42.5 Å². The zero-order chi connectivity index (χ0) is 15.4. The highest BCUT2D eigenvalue weighted by Gasteiger charge is 2.14. The van der Waals surface area contributed by atoms with Crippen LogP contribution in [0.5, 0.6) is 0 Å². The van der Waals surface area contributed by atoms with Gasteiger partial charge in [0.25, 0.3) is 0 Å². The number of benzene rings is 2. The number of hydrogen-bond acceptors (Lipinski definition) is 1. The Morgan fingerprint density at radius 3 is 2.33 bits per heavy atom. The van der Waals surface area contributed by atoms with Crippen LogP contribution in [0.2, 0.25) is 5.02 Å². The molecule has 2 rings (SSSR count). The van der Waals surface area contributed by atoms with Gasteiger partial charge in [-0.15, -0.1) is 0 Å². The van der Waals surface area contributed by atoms with E-state index in [-0.39, 0.29) is 6.04 Å². The highest BCUT2D eigenvalue weighted by atomic mass is 79.9. The average Bonchev–Trinajstić information content (AvgIpc) is 2.48. The molecule has 0 bridgehead atoms. The van der Waals surface area contributed by atoms with Crippen molar-refractivity contribution < 1.29 is 0 Å². The lowest BCUT2D eigenvalue weighted by Crippen LogP contribution is -2.19. The smallest absolute Gasteiger partial charge is 0.0454 e. The van der Waals surface area contributed by atoms with Gasteiger partial charge in [0.15, 0.2) is 0 Å². The SMILES string of the molecule is CNC(Cc1ccc(C(C)C)cc1)c1cc(Br)ccc1Cl. The first-order chi connectivity index (χ1) is 10.0. The maximum absolute atomic E-state index is 6.34. The van der Waals surface area contributed by atoms with Crippen molar-refractivity contribution in [3.8, 4) is 0 Å². The summed E-state index contributed by atoms with van der Waals surface area (Å²) < 4.78 is 1.05. The van der Waals surface area contributed by atoms with Gasteiger partial charge in [0.05, 0.1) is 0 Å². The molecule has 2 aromatic carbocycles. The topological polar surface area (TPSA) is 12.0 Å². The van der Waals surface area contributed by atoms with Crippen molar-refractivity contribution >= 4 is 27.5 Å². The molecule has 0 aliphatic heterocycles. The van der Waals surface area contributed by atoms with E-state index in [0.717, 1.165) is 21.5 Å². The molecule has 0 spiro atoms. The Labute approximate surface area is 140 Å². The van der Waals surface area contributed by atoms with Crippen molar-refractivity contribution in [1.82, 2.24) is 5.32 Å².